The first kappa shape index (κ1) is 18.0. The van der Waals surface area contributed by atoms with Crippen LogP contribution in [0.15, 0.2) is 48.7 Å². The molecule has 28 heavy (non-hydrogen) atoms. The number of anilines is 3. The number of ether oxygens (including phenoxy) is 2. The minimum absolute atomic E-state index is 0.626. The van der Waals surface area contributed by atoms with Crippen molar-refractivity contribution in [3.05, 3.63) is 59.8 Å². The lowest BCUT2D eigenvalue weighted by Gasteiger charge is -2.30. The van der Waals surface area contributed by atoms with E-state index in [4.69, 9.17) is 14.5 Å². The normalized spacial score (nSPS) is 13.0. The van der Waals surface area contributed by atoms with Gasteiger partial charge in [0, 0.05) is 25.8 Å². The molecule has 2 heterocycles. The highest BCUT2D eigenvalue weighted by Gasteiger charge is 2.22. The first-order valence-electron chi connectivity index (χ1n) is 9.17. The fraction of sp³-hybridized carbons (Fsp3) is 0.286. The molecule has 1 aliphatic heterocycles. The van der Waals surface area contributed by atoms with Crippen LogP contribution in [0.5, 0.6) is 11.5 Å². The third-order valence-electron chi connectivity index (χ3n) is 5.02. The second kappa shape index (κ2) is 7.72. The van der Waals surface area contributed by atoms with Gasteiger partial charge in [-0.25, -0.2) is 0 Å². The zero-order chi connectivity index (χ0) is 19.5. The maximum atomic E-state index is 5.45. The smallest absolute Gasteiger partial charge is 0.247 e. The van der Waals surface area contributed by atoms with Gasteiger partial charge in [-0.2, -0.15) is 10.1 Å². The number of rotatable bonds is 5. The number of hydrogen-bond donors (Lipinski definition) is 0. The Balaban J connectivity index is 1.59. The van der Waals surface area contributed by atoms with Crippen LogP contribution in [-0.2, 0) is 13.0 Å². The van der Waals surface area contributed by atoms with E-state index in [1.165, 1.54) is 11.1 Å². The van der Waals surface area contributed by atoms with E-state index in [-0.39, 0.29) is 0 Å². The van der Waals surface area contributed by atoms with Gasteiger partial charge >= 0.3 is 0 Å². The molecule has 0 spiro atoms. The van der Waals surface area contributed by atoms with Gasteiger partial charge in [-0.15, -0.1) is 5.10 Å². The number of nitrogens with zero attached hydrogens (tertiary/aromatic N) is 5. The monoisotopic (exact) mass is 377 g/mol. The topological polar surface area (TPSA) is 63.6 Å². The fourth-order valence-electron chi connectivity index (χ4n) is 3.42. The predicted octanol–water partition coefficient (Wildman–Crippen LogP) is 3.22. The zero-order valence-electron chi connectivity index (χ0n) is 16.3. The Kier molecular flexibility index (Phi) is 4.97. The van der Waals surface area contributed by atoms with Crippen LogP contribution in [0.4, 0.5) is 17.5 Å². The Morgan fingerprint density at radius 2 is 1.71 bits per heavy atom. The average molecular weight is 377 g/mol. The summed E-state index contributed by atoms with van der Waals surface area (Å²) in [5, 5.41) is 8.45. The van der Waals surface area contributed by atoms with Crippen molar-refractivity contribution in [3.63, 3.8) is 0 Å². The molecule has 1 aromatic heterocycles. The molecule has 0 bridgehead atoms. The summed E-state index contributed by atoms with van der Waals surface area (Å²) in [5.74, 6) is 2.88. The van der Waals surface area contributed by atoms with E-state index in [1.807, 2.05) is 48.3 Å². The second-order valence-electron chi connectivity index (χ2n) is 6.66. The summed E-state index contributed by atoms with van der Waals surface area (Å²) in [6.45, 7) is 1.53. The number of aromatic nitrogens is 3. The standard InChI is InChI=1S/C21H23N5O2/c1-25(17-7-5-4-6-8-17)20-13-22-24-21(23-20)26-10-9-15-11-18(27-2)19(28-3)12-16(15)14-26/h4-8,11-13H,9-10,14H2,1-3H3. The van der Waals surface area contributed by atoms with Gasteiger partial charge in [0.2, 0.25) is 5.95 Å². The third kappa shape index (κ3) is 3.43. The lowest BCUT2D eigenvalue weighted by atomic mass is 9.99. The Bertz CT molecular complexity index is 964. The highest BCUT2D eigenvalue weighted by atomic mass is 16.5. The van der Waals surface area contributed by atoms with Crippen LogP contribution in [-0.4, -0.2) is 43.0 Å². The minimum atomic E-state index is 0.626. The van der Waals surface area contributed by atoms with E-state index in [9.17, 15) is 0 Å². The van der Waals surface area contributed by atoms with Gasteiger partial charge in [0.1, 0.15) is 0 Å². The Morgan fingerprint density at radius 3 is 2.43 bits per heavy atom. The number of methoxy groups -OCH3 is 2. The molecule has 0 atom stereocenters. The molecule has 0 saturated heterocycles. The Labute approximate surface area is 164 Å². The van der Waals surface area contributed by atoms with Crippen molar-refractivity contribution >= 4 is 17.5 Å². The average Bonchev–Trinajstić information content (AvgIpc) is 2.77. The SMILES string of the molecule is COc1cc2c(cc1OC)CN(c1nncc(N(C)c3ccccc3)n1)CC2. The summed E-state index contributed by atoms with van der Waals surface area (Å²) >= 11 is 0. The second-order valence-corrected chi connectivity index (χ2v) is 6.66. The Morgan fingerprint density at radius 1 is 1.00 bits per heavy atom. The molecule has 0 radical (unpaired) electrons. The zero-order valence-corrected chi connectivity index (χ0v) is 16.3. The molecular formula is C21H23N5O2. The molecule has 0 amide bonds. The van der Waals surface area contributed by atoms with Gasteiger partial charge in [0.25, 0.3) is 0 Å². The van der Waals surface area contributed by atoms with Crippen molar-refractivity contribution in [2.24, 2.45) is 0 Å². The van der Waals surface area contributed by atoms with E-state index in [0.29, 0.717) is 12.5 Å². The predicted molar refractivity (Wildman–Crippen MR) is 109 cm³/mol. The molecule has 1 aliphatic rings. The first-order valence-corrected chi connectivity index (χ1v) is 9.17. The van der Waals surface area contributed by atoms with Gasteiger partial charge in [-0.3, -0.25) is 0 Å². The lowest BCUT2D eigenvalue weighted by molar-refractivity contribution is 0.353. The van der Waals surface area contributed by atoms with Crippen molar-refractivity contribution in [3.8, 4) is 11.5 Å². The maximum absolute atomic E-state index is 5.45. The number of fused-ring (bicyclic) bond motifs is 1. The van der Waals surface area contributed by atoms with Gasteiger partial charge in [-0.1, -0.05) is 18.2 Å². The quantitative estimate of drug-likeness (QED) is 0.676. The molecule has 0 saturated carbocycles. The molecule has 144 valence electrons. The third-order valence-corrected chi connectivity index (χ3v) is 5.02. The largest absolute Gasteiger partial charge is 0.493 e. The minimum Gasteiger partial charge on any atom is -0.493 e. The summed E-state index contributed by atoms with van der Waals surface area (Å²) in [5.41, 5.74) is 3.50. The van der Waals surface area contributed by atoms with Crippen molar-refractivity contribution in [2.75, 3.05) is 37.6 Å². The van der Waals surface area contributed by atoms with E-state index < -0.39 is 0 Å². The molecule has 2 aromatic carbocycles. The molecule has 0 unspecified atom stereocenters. The maximum Gasteiger partial charge on any atom is 0.247 e. The van der Waals surface area contributed by atoms with Gasteiger partial charge in [0.15, 0.2) is 17.3 Å². The summed E-state index contributed by atoms with van der Waals surface area (Å²) in [7, 11) is 5.29. The highest BCUT2D eigenvalue weighted by Crippen LogP contribution is 2.34. The lowest BCUT2D eigenvalue weighted by Crippen LogP contribution is -2.32. The molecule has 7 nitrogen and oxygen atoms in total. The Hall–Kier alpha value is -3.35. The van der Waals surface area contributed by atoms with Crippen molar-refractivity contribution < 1.29 is 9.47 Å². The molecule has 3 aromatic rings. The fourth-order valence-corrected chi connectivity index (χ4v) is 3.42. The van der Waals surface area contributed by atoms with Crippen LogP contribution >= 0.6 is 0 Å². The summed E-state index contributed by atoms with van der Waals surface area (Å²) < 4.78 is 10.9. The van der Waals surface area contributed by atoms with E-state index >= 15 is 0 Å². The number of para-hydroxylation sites is 1. The van der Waals surface area contributed by atoms with E-state index in [0.717, 1.165) is 36.0 Å². The summed E-state index contributed by atoms with van der Waals surface area (Å²) in [6.07, 6.45) is 2.57. The first-order chi connectivity index (χ1) is 13.7. The van der Waals surface area contributed by atoms with Crippen LogP contribution < -0.4 is 19.3 Å². The number of benzene rings is 2. The van der Waals surface area contributed by atoms with Crippen molar-refractivity contribution in [1.82, 2.24) is 15.2 Å². The molecule has 0 N–H and O–H groups in total. The van der Waals surface area contributed by atoms with Gasteiger partial charge in [-0.05, 0) is 41.8 Å². The van der Waals surface area contributed by atoms with Crippen LogP contribution in [0.25, 0.3) is 0 Å². The summed E-state index contributed by atoms with van der Waals surface area (Å²) in [4.78, 5) is 8.89. The van der Waals surface area contributed by atoms with Crippen LogP contribution in [0.1, 0.15) is 11.1 Å². The van der Waals surface area contributed by atoms with Gasteiger partial charge < -0.3 is 19.3 Å². The van der Waals surface area contributed by atoms with E-state index in [1.54, 1.807) is 20.4 Å². The molecule has 0 fully saturated rings. The van der Waals surface area contributed by atoms with Gasteiger partial charge in [0.05, 0.1) is 20.4 Å². The van der Waals surface area contributed by atoms with Crippen molar-refractivity contribution in [2.45, 2.75) is 13.0 Å². The highest BCUT2D eigenvalue weighted by molar-refractivity contribution is 5.59. The van der Waals surface area contributed by atoms with E-state index in [2.05, 4.69) is 21.2 Å². The van der Waals surface area contributed by atoms with Crippen LogP contribution in [0.3, 0.4) is 0 Å². The molecular weight excluding hydrogens is 354 g/mol. The van der Waals surface area contributed by atoms with Crippen LogP contribution in [0.2, 0.25) is 0 Å². The number of hydrogen-bond acceptors (Lipinski definition) is 7. The summed E-state index contributed by atoms with van der Waals surface area (Å²) in [6, 6.07) is 14.2. The molecule has 4 rings (SSSR count). The van der Waals surface area contributed by atoms with Crippen molar-refractivity contribution in [1.29, 1.82) is 0 Å². The molecule has 0 aliphatic carbocycles. The van der Waals surface area contributed by atoms with Crippen LogP contribution in [0, 0.1) is 0 Å². The molecule has 7 heteroatoms.